The van der Waals surface area contributed by atoms with Crippen molar-refractivity contribution in [3.63, 3.8) is 0 Å². The van der Waals surface area contributed by atoms with Crippen molar-refractivity contribution in [3.05, 3.63) is 29.8 Å². The van der Waals surface area contributed by atoms with E-state index in [-0.39, 0.29) is 0 Å². The van der Waals surface area contributed by atoms with Gasteiger partial charge in [-0.05, 0) is 23.8 Å². The Bertz CT molecular complexity index is 179. The minimum atomic E-state index is 0.528. The number of hydrogen-bond acceptors (Lipinski definition) is 2. The van der Waals surface area contributed by atoms with Crippen LogP contribution in [0.15, 0.2) is 18.2 Å². The normalized spacial score (nSPS) is 9.44. The minimum absolute atomic E-state index is 0.528. The van der Waals surface area contributed by atoms with Crippen LogP contribution in [-0.2, 0) is 6.54 Å². The summed E-state index contributed by atoms with van der Waals surface area (Å²) in [6, 6.07) is 8.35. The van der Waals surface area contributed by atoms with Crippen LogP contribution < -0.4 is 11.5 Å². The zero-order valence-corrected chi connectivity index (χ0v) is 5.09. The lowest BCUT2D eigenvalue weighted by Crippen LogP contribution is -1.96. The van der Waals surface area contributed by atoms with Crippen LogP contribution in [0.3, 0.4) is 0 Å². The molecule has 1 radical (unpaired) electrons. The van der Waals surface area contributed by atoms with Crippen LogP contribution in [0.4, 0.5) is 5.69 Å². The van der Waals surface area contributed by atoms with E-state index in [4.69, 9.17) is 11.5 Å². The van der Waals surface area contributed by atoms with E-state index in [0.29, 0.717) is 6.54 Å². The van der Waals surface area contributed by atoms with Crippen molar-refractivity contribution in [2.45, 2.75) is 6.54 Å². The second-order valence-electron chi connectivity index (χ2n) is 1.85. The molecule has 0 fully saturated rings. The van der Waals surface area contributed by atoms with Crippen LogP contribution in [0.25, 0.3) is 0 Å². The predicted molar refractivity (Wildman–Crippen MR) is 37.6 cm³/mol. The Morgan fingerprint density at radius 3 is 2.67 bits per heavy atom. The van der Waals surface area contributed by atoms with E-state index in [1.165, 1.54) is 0 Å². The van der Waals surface area contributed by atoms with Gasteiger partial charge in [0, 0.05) is 12.2 Å². The summed E-state index contributed by atoms with van der Waals surface area (Å²) in [6.45, 7) is 0.528. The van der Waals surface area contributed by atoms with Gasteiger partial charge in [0.1, 0.15) is 0 Å². The van der Waals surface area contributed by atoms with Crippen molar-refractivity contribution >= 4 is 5.69 Å². The number of nitrogen functional groups attached to an aromatic ring is 1. The van der Waals surface area contributed by atoms with E-state index in [9.17, 15) is 0 Å². The first-order chi connectivity index (χ1) is 4.33. The first-order valence-electron chi connectivity index (χ1n) is 2.79. The van der Waals surface area contributed by atoms with E-state index in [2.05, 4.69) is 6.07 Å². The van der Waals surface area contributed by atoms with E-state index in [1.54, 1.807) is 6.07 Å². The van der Waals surface area contributed by atoms with E-state index in [1.807, 2.05) is 12.1 Å². The summed E-state index contributed by atoms with van der Waals surface area (Å²) in [5, 5.41) is 0. The molecule has 0 aliphatic rings. The van der Waals surface area contributed by atoms with Crippen molar-refractivity contribution in [1.82, 2.24) is 0 Å². The third-order valence-corrected chi connectivity index (χ3v) is 1.12. The van der Waals surface area contributed by atoms with Crippen LogP contribution in [0, 0.1) is 6.07 Å². The summed E-state index contributed by atoms with van der Waals surface area (Å²) >= 11 is 0. The molecule has 1 aromatic carbocycles. The van der Waals surface area contributed by atoms with Crippen molar-refractivity contribution in [2.75, 3.05) is 5.73 Å². The molecular weight excluding hydrogens is 112 g/mol. The molecule has 9 heavy (non-hydrogen) atoms. The number of anilines is 1. The van der Waals surface area contributed by atoms with Crippen molar-refractivity contribution in [1.29, 1.82) is 0 Å². The maximum absolute atomic E-state index is 5.41. The SMILES string of the molecule is NCc1[c]cc(N)cc1. The molecule has 0 atom stereocenters. The standard InChI is InChI=1S/C7H9N2/c8-5-6-1-3-7(9)4-2-6/h1,3-4H,5,8-9H2. The molecule has 0 aliphatic heterocycles. The summed E-state index contributed by atoms with van der Waals surface area (Å²) in [5.41, 5.74) is 12.5. The van der Waals surface area contributed by atoms with Gasteiger partial charge in [0.25, 0.3) is 0 Å². The van der Waals surface area contributed by atoms with Gasteiger partial charge in [0.15, 0.2) is 0 Å². The van der Waals surface area contributed by atoms with E-state index >= 15 is 0 Å². The smallest absolute Gasteiger partial charge is 0.0320 e. The van der Waals surface area contributed by atoms with Crippen LogP contribution in [0.2, 0.25) is 0 Å². The van der Waals surface area contributed by atoms with Crippen molar-refractivity contribution < 1.29 is 0 Å². The molecule has 0 aromatic heterocycles. The Kier molecular flexibility index (Phi) is 1.70. The Labute approximate surface area is 54.5 Å². The lowest BCUT2D eigenvalue weighted by atomic mass is 10.2. The first kappa shape index (κ1) is 6.11. The summed E-state index contributed by atoms with van der Waals surface area (Å²) < 4.78 is 0. The molecule has 0 heterocycles. The molecule has 47 valence electrons. The lowest BCUT2D eigenvalue weighted by Gasteiger charge is -1.93. The number of hydrogen-bond donors (Lipinski definition) is 2. The molecule has 1 rings (SSSR count). The van der Waals surface area contributed by atoms with Crippen LogP contribution in [0.5, 0.6) is 0 Å². The van der Waals surface area contributed by atoms with Gasteiger partial charge in [-0.15, -0.1) is 0 Å². The molecule has 2 heteroatoms. The third kappa shape index (κ3) is 1.44. The zero-order chi connectivity index (χ0) is 6.69. The topological polar surface area (TPSA) is 52.0 Å². The summed E-state index contributed by atoms with van der Waals surface area (Å²) in [4.78, 5) is 0. The van der Waals surface area contributed by atoms with E-state index < -0.39 is 0 Å². The van der Waals surface area contributed by atoms with Gasteiger partial charge < -0.3 is 11.5 Å². The maximum Gasteiger partial charge on any atom is 0.0320 e. The molecule has 2 nitrogen and oxygen atoms in total. The molecule has 0 bridgehead atoms. The Balaban J connectivity index is 2.88. The van der Waals surface area contributed by atoms with Crippen molar-refractivity contribution in [2.24, 2.45) is 5.73 Å². The second-order valence-corrected chi connectivity index (χ2v) is 1.85. The molecule has 0 unspecified atom stereocenters. The number of nitrogens with two attached hydrogens (primary N) is 2. The molecule has 0 amide bonds. The summed E-state index contributed by atoms with van der Waals surface area (Å²) in [6.07, 6.45) is 0. The minimum Gasteiger partial charge on any atom is -0.399 e. The monoisotopic (exact) mass is 121 g/mol. The fraction of sp³-hybridized carbons (Fsp3) is 0.143. The third-order valence-electron chi connectivity index (χ3n) is 1.12. The molecule has 0 aliphatic carbocycles. The Morgan fingerprint density at radius 2 is 2.22 bits per heavy atom. The highest BCUT2D eigenvalue weighted by atomic mass is 14.5. The van der Waals surface area contributed by atoms with Crippen LogP contribution >= 0.6 is 0 Å². The number of benzene rings is 1. The maximum atomic E-state index is 5.41. The molecule has 0 saturated carbocycles. The lowest BCUT2D eigenvalue weighted by molar-refractivity contribution is 1.07. The summed E-state index contributed by atoms with van der Waals surface area (Å²) in [5.74, 6) is 0. The molecule has 0 spiro atoms. The van der Waals surface area contributed by atoms with Gasteiger partial charge >= 0.3 is 0 Å². The molecule has 0 saturated heterocycles. The van der Waals surface area contributed by atoms with Gasteiger partial charge in [-0.3, -0.25) is 0 Å². The highest BCUT2D eigenvalue weighted by Gasteiger charge is 1.86. The summed E-state index contributed by atoms with van der Waals surface area (Å²) in [7, 11) is 0. The first-order valence-corrected chi connectivity index (χ1v) is 2.79. The Hall–Kier alpha value is -1.02. The average molecular weight is 121 g/mol. The second kappa shape index (κ2) is 2.51. The molecule has 1 aromatic rings. The van der Waals surface area contributed by atoms with Crippen molar-refractivity contribution in [3.8, 4) is 0 Å². The quantitative estimate of drug-likeness (QED) is 0.532. The highest BCUT2D eigenvalue weighted by molar-refractivity contribution is 5.38. The fourth-order valence-electron chi connectivity index (χ4n) is 0.596. The van der Waals surface area contributed by atoms with Gasteiger partial charge in [-0.1, -0.05) is 6.07 Å². The Morgan fingerprint density at radius 1 is 1.44 bits per heavy atom. The van der Waals surface area contributed by atoms with Crippen LogP contribution in [-0.4, -0.2) is 0 Å². The average Bonchev–Trinajstić information content (AvgIpc) is 1.90. The van der Waals surface area contributed by atoms with E-state index in [0.717, 1.165) is 11.3 Å². The fourth-order valence-corrected chi connectivity index (χ4v) is 0.596. The molecular formula is C7H9N2. The van der Waals surface area contributed by atoms with Gasteiger partial charge in [0.05, 0.1) is 0 Å². The zero-order valence-electron chi connectivity index (χ0n) is 5.09. The van der Waals surface area contributed by atoms with Crippen LogP contribution in [0.1, 0.15) is 5.56 Å². The largest absolute Gasteiger partial charge is 0.399 e. The highest BCUT2D eigenvalue weighted by Crippen LogP contribution is 2.02. The van der Waals surface area contributed by atoms with Gasteiger partial charge in [-0.2, -0.15) is 0 Å². The van der Waals surface area contributed by atoms with Gasteiger partial charge in [0.2, 0.25) is 0 Å². The van der Waals surface area contributed by atoms with Gasteiger partial charge in [-0.25, -0.2) is 0 Å². The number of rotatable bonds is 1. The molecule has 4 N–H and O–H groups in total. The predicted octanol–water partition coefficient (Wildman–Crippen LogP) is 0.528.